The minimum absolute atomic E-state index is 0.0967. The first-order valence-electron chi connectivity index (χ1n) is 8.08. The molecule has 26 heavy (non-hydrogen) atoms. The van der Waals surface area contributed by atoms with Crippen LogP contribution in [0.1, 0.15) is 37.6 Å². The number of hydrazine groups is 1. The molecule has 1 heterocycles. The van der Waals surface area contributed by atoms with E-state index < -0.39 is 23.3 Å². The molecule has 3 N–H and O–H groups in total. The van der Waals surface area contributed by atoms with Gasteiger partial charge in [-0.3, -0.25) is 9.69 Å². The molecule has 142 valence electrons. The van der Waals surface area contributed by atoms with Crippen LogP contribution in [0.15, 0.2) is 24.3 Å². The Balaban J connectivity index is 2.19. The zero-order valence-corrected chi connectivity index (χ0v) is 15.7. The van der Waals surface area contributed by atoms with Crippen LogP contribution in [0.2, 0.25) is 0 Å². The summed E-state index contributed by atoms with van der Waals surface area (Å²) in [5.74, 6) is -1.06. The van der Waals surface area contributed by atoms with Gasteiger partial charge in [-0.25, -0.2) is 15.0 Å². The topological polar surface area (TPSA) is 108 Å². The zero-order valence-electron chi connectivity index (χ0n) is 14.9. The van der Waals surface area contributed by atoms with Crippen LogP contribution < -0.4 is 10.9 Å². The standard InChI is InChI=1S/C17H23N3O5S/c1-16(2,3)25-15(24)20-9-13(26)8-17(20,10-21)19-18-12-6-4-5-11(7-12)14(22)23/h4-7,10,13,18-19,26H,8-9H2,1-3H3,(H,22,23)/t13-,17+/m0/s1. The molecule has 1 aromatic carbocycles. The third kappa shape index (κ3) is 4.67. The van der Waals surface area contributed by atoms with Crippen molar-refractivity contribution in [2.24, 2.45) is 0 Å². The van der Waals surface area contributed by atoms with Crippen molar-refractivity contribution in [2.75, 3.05) is 12.0 Å². The van der Waals surface area contributed by atoms with Gasteiger partial charge in [-0.1, -0.05) is 6.07 Å². The number of benzene rings is 1. The van der Waals surface area contributed by atoms with E-state index in [-0.39, 0.29) is 23.8 Å². The molecule has 1 fully saturated rings. The van der Waals surface area contributed by atoms with Crippen LogP contribution in [-0.4, -0.2) is 51.4 Å². The highest BCUT2D eigenvalue weighted by atomic mass is 32.1. The maximum Gasteiger partial charge on any atom is 0.412 e. The number of carboxylic acids is 1. The Morgan fingerprint density at radius 3 is 2.69 bits per heavy atom. The molecule has 2 rings (SSSR count). The van der Waals surface area contributed by atoms with Crippen molar-refractivity contribution in [3.63, 3.8) is 0 Å². The molecule has 0 unspecified atom stereocenters. The van der Waals surface area contributed by atoms with Crippen molar-refractivity contribution < 1.29 is 24.2 Å². The monoisotopic (exact) mass is 381 g/mol. The van der Waals surface area contributed by atoms with Crippen LogP contribution in [0.25, 0.3) is 0 Å². The van der Waals surface area contributed by atoms with E-state index >= 15 is 0 Å². The quantitative estimate of drug-likeness (QED) is 0.352. The lowest BCUT2D eigenvalue weighted by molar-refractivity contribution is -0.118. The lowest BCUT2D eigenvalue weighted by Gasteiger charge is -2.35. The summed E-state index contributed by atoms with van der Waals surface area (Å²) in [6.45, 7) is 5.46. The van der Waals surface area contributed by atoms with Crippen molar-refractivity contribution in [3.8, 4) is 0 Å². The number of amides is 1. The summed E-state index contributed by atoms with van der Waals surface area (Å²) in [4.78, 5) is 36.7. The largest absolute Gasteiger partial charge is 0.478 e. The summed E-state index contributed by atoms with van der Waals surface area (Å²) >= 11 is 4.39. The maximum atomic E-state index is 12.5. The second kappa shape index (κ2) is 7.55. The molecule has 9 heteroatoms. The number of hydrogen-bond donors (Lipinski definition) is 4. The lowest BCUT2D eigenvalue weighted by atomic mass is 10.1. The lowest BCUT2D eigenvalue weighted by Crippen LogP contribution is -2.61. The fourth-order valence-electron chi connectivity index (χ4n) is 2.63. The summed E-state index contributed by atoms with van der Waals surface area (Å²) in [5, 5.41) is 8.84. The van der Waals surface area contributed by atoms with Crippen molar-refractivity contribution in [1.29, 1.82) is 0 Å². The number of carbonyl (C=O) groups is 3. The van der Waals surface area contributed by atoms with Gasteiger partial charge in [0.05, 0.1) is 5.56 Å². The predicted molar refractivity (Wildman–Crippen MR) is 99.3 cm³/mol. The van der Waals surface area contributed by atoms with Gasteiger partial charge in [0.2, 0.25) is 0 Å². The van der Waals surface area contributed by atoms with Crippen LogP contribution in [0.3, 0.4) is 0 Å². The number of carbonyl (C=O) groups excluding carboxylic acids is 2. The van der Waals surface area contributed by atoms with E-state index in [9.17, 15) is 14.4 Å². The Morgan fingerprint density at radius 2 is 2.12 bits per heavy atom. The third-order valence-electron chi connectivity index (χ3n) is 3.76. The molecular formula is C17H23N3O5S. The van der Waals surface area contributed by atoms with E-state index in [1.54, 1.807) is 32.9 Å². The Morgan fingerprint density at radius 1 is 1.42 bits per heavy atom. The molecule has 1 aliphatic heterocycles. The number of aromatic carboxylic acids is 1. The number of nitrogens with one attached hydrogen (secondary N) is 2. The van der Waals surface area contributed by atoms with Gasteiger partial charge in [0.1, 0.15) is 5.60 Å². The average molecular weight is 381 g/mol. The van der Waals surface area contributed by atoms with Crippen molar-refractivity contribution in [3.05, 3.63) is 29.8 Å². The van der Waals surface area contributed by atoms with Gasteiger partial charge >= 0.3 is 12.1 Å². The van der Waals surface area contributed by atoms with E-state index in [1.807, 2.05) is 0 Å². The molecule has 1 amide bonds. The van der Waals surface area contributed by atoms with Gasteiger partial charge in [-0.2, -0.15) is 12.6 Å². The molecule has 1 aliphatic rings. The van der Waals surface area contributed by atoms with Gasteiger partial charge in [0, 0.05) is 23.9 Å². The molecule has 1 saturated heterocycles. The minimum Gasteiger partial charge on any atom is -0.478 e. The first-order valence-corrected chi connectivity index (χ1v) is 8.59. The van der Waals surface area contributed by atoms with Gasteiger partial charge < -0.3 is 15.3 Å². The second-order valence-electron chi connectivity index (χ2n) is 7.13. The fraction of sp³-hybridized carbons (Fsp3) is 0.471. The number of aldehydes is 1. The van der Waals surface area contributed by atoms with Crippen molar-refractivity contribution in [2.45, 2.75) is 43.7 Å². The first-order chi connectivity index (χ1) is 12.1. The fourth-order valence-corrected chi connectivity index (χ4v) is 3.07. The van der Waals surface area contributed by atoms with E-state index in [4.69, 9.17) is 9.84 Å². The van der Waals surface area contributed by atoms with E-state index in [2.05, 4.69) is 23.5 Å². The van der Waals surface area contributed by atoms with Gasteiger partial charge in [0.25, 0.3) is 0 Å². The molecule has 1 aromatic rings. The Bertz CT molecular complexity index is 706. The third-order valence-corrected chi connectivity index (χ3v) is 4.11. The Hall–Kier alpha value is -2.26. The molecule has 0 bridgehead atoms. The number of anilines is 1. The Kier molecular flexibility index (Phi) is 5.82. The summed E-state index contributed by atoms with van der Waals surface area (Å²) in [5.41, 5.74) is 4.13. The number of carboxylic acid groups (broad SMARTS) is 1. The van der Waals surface area contributed by atoms with Gasteiger partial charge in [-0.15, -0.1) is 0 Å². The molecular weight excluding hydrogens is 358 g/mol. The Labute approximate surface area is 157 Å². The summed E-state index contributed by atoms with van der Waals surface area (Å²) in [6, 6.07) is 6.08. The van der Waals surface area contributed by atoms with E-state index in [0.717, 1.165) is 0 Å². The van der Waals surface area contributed by atoms with Crippen LogP contribution in [-0.2, 0) is 9.53 Å². The number of likely N-dealkylation sites (tertiary alicyclic amines) is 1. The molecule has 2 atom stereocenters. The minimum atomic E-state index is -1.35. The van der Waals surface area contributed by atoms with Gasteiger partial charge in [-0.05, 0) is 39.0 Å². The summed E-state index contributed by atoms with van der Waals surface area (Å²) in [6.07, 6.45) is 0.265. The van der Waals surface area contributed by atoms with E-state index in [1.165, 1.54) is 17.0 Å². The SMILES string of the molecule is CC(C)(C)OC(=O)N1C[C@@H](S)C[C@@]1(C=O)NNc1cccc(C(=O)O)c1. The molecule has 0 spiro atoms. The highest BCUT2D eigenvalue weighted by molar-refractivity contribution is 7.81. The number of thiol groups is 1. The first kappa shape index (κ1) is 20.1. The normalized spacial score (nSPS) is 22.8. The number of hydrogen-bond acceptors (Lipinski definition) is 7. The molecule has 0 saturated carbocycles. The van der Waals surface area contributed by atoms with Crippen molar-refractivity contribution >= 4 is 36.7 Å². The van der Waals surface area contributed by atoms with Crippen molar-refractivity contribution in [1.82, 2.24) is 10.3 Å². The number of nitrogens with zero attached hydrogens (tertiary/aromatic N) is 1. The smallest absolute Gasteiger partial charge is 0.412 e. The number of ether oxygens (including phenoxy) is 1. The highest BCUT2D eigenvalue weighted by Gasteiger charge is 2.49. The van der Waals surface area contributed by atoms with Crippen LogP contribution in [0.4, 0.5) is 10.5 Å². The number of rotatable bonds is 5. The van der Waals surface area contributed by atoms with Gasteiger partial charge in [0.15, 0.2) is 11.9 Å². The molecule has 0 aliphatic carbocycles. The summed E-state index contributed by atoms with van der Waals surface area (Å²) in [7, 11) is 0. The average Bonchev–Trinajstić information content (AvgIpc) is 2.89. The second-order valence-corrected chi connectivity index (χ2v) is 7.86. The highest BCUT2D eigenvalue weighted by Crippen LogP contribution is 2.30. The molecule has 0 radical (unpaired) electrons. The van der Waals surface area contributed by atoms with Crippen LogP contribution in [0.5, 0.6) is 0 Å². The zero-order chi connectivity index (χ0) is 19.5. The molecule has 8 nitrogen and oxygen atoms in total. The maximum absolute atomic E-state index is 12.5. The predicted octanol–water partition coefficient (Wildman–Crippen LogP) is 2.14. The van der Waals surface area contributed by atoms with Crippen LogP contribution >= 0.6 is 12.6 Å². The van der Waals surface area contributed by atoms with Crippen LogP contribution in [0, 0.1) is 0 Å². The molecule has 0 aromatic heterocycles. The summed E-state index contributed by atoms with van der Waals surface area (Å²) < 4.78 is 5.38. The van der Waals surface area contributed by atoms with E-state index in [0.29, 0.717) is 12.0 Å².